The monoisotopic (exact) mass is 290 g/mol. The van der Waals surface area contributed by atoms with E-state index in [4.69, 9.17) is 16.3 Å². The SMILES string of the molecule is CCOc1nc(Cl)nc(NC2Cc3ccccc3C2)n1. The van der Waals surface area contributed by atoms with Gasteiger partial charge in [-0.15, -0.1) is 0 Å². The van der Waals surface area contributed by atoms with Crippen LogP contribution in [-0.4, -0.2) is 27.6 Å². The second-order valence-electron chi connectivity index (χ2n) is 4.66. The summed E-state index contributed by atoms with van der Waals surface area (Å²) >= 11 is 5.88. The quantitative estimate of drug-likeness (QED) is 0.937. The van der Waals surface area contributed by atoms with Crippen molar-refractivity contribution in [2.75, 3.05) is 11.9 Å². The molecule has 1 aromatic carbocycles. The number of fused-ring (bicyclic) bond motifs is 1. The van der Waals surface area contributed by atoms with Gasteiger partial charge in [0.25, 0.3) is 0 Å². The number of nitrogens with zero attached hydrogens (tertiary/aromatic N) is 3. The minimum absolute atomic E-state index is 0.140. The van der Waals surface area contributed by atoms with Gasteiger partial charge >= 0.3 is 6.01 Å². The molecule has 0 bridgehead atoms. The fourth-order valence-corrected chi connectivity index (χ4v) is 2.59. The molecule has 1 aromatic heterocycles. The van der Waals surface area contributed by atoms with Crippen molar-refractivity contribution in [3.63, 3.8) is 0 Å². The Hall–Kier alpha value is -1.88. The van der Waals surface area contributed by atoms with E-state index in [-0.39, 0.29) is 17.3 Å². The predicted octanol–water partition coefficient (Wildman–Crippen LogP) is 2.50. The van der Waals surface area contributed by atoms with Crippen molar-refractivity contribution >= 4 is 17.5 Å². The average Bonchev–Trinajstić information content (AvgIpc) is 2.80. The van der Waals surface area contributed by atoms with E-state index in [0.29, 0.717) is 12.6 Å². The number of anilines is 1. The summed E-state index contributed by atoms with van der Waals surface area (Å²) in [6, 6.07) is 8.97. The van der Waals surface area contributed by atoms with E-state index in [0.717, 1.165) is 12.8 Å². The van der Waals surface area contributed by atoms with E-state index in [2.05, 4.69) is 44.5 Å². The van der Waals surface area contributed by atoms with Gasteiger partial charge in [-0.25, -0.2) is 0 Å². The molecule has 6 heteroatoms. The smallest absolute Gasteiger partial charge is 0.322 e. The third-order valence-electron chi connectivity index (χ3n) is 3.25. The second-order valence-corrected chi connectivity index (χ2v) is 5.00. The molecule has 0 radical (unpaired) electrons. The number of halogens is 1. The Morgan fingerprint density at radius 3 is 2.55 bits per heavy atom. The van der Waals surface area contributed by atoms with Crippen LogP contribution in [-0.2, 0) is 12.8 Å². The van der Waals surface area contributed by atoms with Crippen molar-refractivity contribution in [2.45, 2.75) is 25.8 Å². The fourth-order valence-electron chi connectivity index (χ4n) is 2.43. The summed E-state index contributed by atoms with van der Waals surface area (Å²) in [6.07, 6.45) is 1.92. The molecule has 0 aliphatic heterocycles. The van der Waals surface area contributed by atoms with E-state index in [1.54, 1.807) is 0 Å². The van der Waals surface area contributed by atoms with Gasteiger partial charge in [-0.1, -0.05) is 24.3 Å². The molecule has 20 heavy (non-hydrogen) atoms. The van der Waals surface area contributed by atoms with Crippen LogP contribution in [0, 0.1) is 0 Å². The van der Waals surface area contributed by atoms with Gasteiger partial charge in [-0.05, 0) is 42.5 Å². The normalized spacial score (nSPS) is 14.1. The first-order valence-corrected chi connectivity index (χ1v) is 7.00. The van der Waals surface area contributed by atoms with Crippen LogP contribution in [0.5, 0.6) is 6.01 Å². The molecule has 1 heterocycles. The summed E-state index contributed by atoms with van der Waals surface area (Å²) in [7, 11) is 0. The highest BCUT2D eigenvalue weighted by Crippen LogP contribution is 2.24. The first-order valence-electron chi connectivity index (χ1n) is 6.62. The van der Waals surface area contributed by atoms with Gasteiger partial charge in [0, 0.05) is 6.04 Å². The molecule has 104 valence electrons. The molecule has 1 aliphatic carbocycles. The molecule has 0 spiro atoms. The molecule has 0 unspecified atom stereocenters. The Bertz CT molecular complexity index is 595. The Morgan fingerprint density at radius 2 is 1.90 bits per heavy atom. The van der Waals surface area contributed by atoms with Crippen LogP contribution in [0.1, 0.15) is 18.1 Å². The van der Waals surface area contributed by atoms with Crippen LogP contribution in [0.15, 0.2) is 24.3 Å². The lowest BCUT2D eigenvalue weighted by atomic mass is 10.1. The van der Waals surface area contributed by atoms with Gasteiger partial charge in [-0.2, -0.15) is 15.0 Å². The number of benzene rings is 1. The zero-order valence-electron chi connectivity index (χ0n) is 11.1. The average molecular weight is 291 g/mol. The van der Waals surface area contributed by atoms with Crippen LogP contribution >= 0.6 is 11.6 Å². The van der Waals surface area contributed by atoms with Gasteiger partial charge in [0.1, 0.15) is 0 Å². The molecule has 0 saturated carbocycles. The topological polar surface area (TPSA) is 59.9 Å². The number of rotatable bonds is 4. The highest BCUT2D eigenvalue weighted by molar-refractivity contribution is 6.28. The maximum absolute atomic E-state index is 5.88. The minimum atomic E-state index is 0.140. The van der Waals surface area contributed by atoms with E-state index >= 15 is 0 Å². The van der Waals surface area contributed by atoms with Crippen molar-refractivity contribution in [1.29, 1.82) is 0 Å². The van der Waals surface area contributed by atoms with Gasteiger partial charge in [0.15, 0.2) is 0 Å². The third-order valence-corrected chi connectivity index (χ3v) is 3.41. The molecular formula is C14H15ClN4O. The van der Waals surface area contributed by atoms with Crippen molar-refractivity contribution in [3.05, 3.63) is 40.7 Å². The lowest BCUT2D eigenvalue weighted by Crippen LogP contribution is -2.21. The summed E-state index contributed by atoms with van der Waals surface area (Å²) in [6.45, 7) is 2.37. The number of hydrogen-bond acceptors (Lipinski definition) is 5. The predicted molar refractivity (Wildman–Crippen MR) is 77.3 cm³/mol. The number of nitrogens with one attached hydrogen (secondary N) is 1. The van der Waals surface area contributed by atoms with Crippen LogP contribution < -0.4 is 10.1 Å². The fraction of sp³-hybridized carbons (Fsp3) is 0.357. The highest BCUT2D eigenvalue weighted by atomic mass is 35.5. The Balaban J connectivity index is 1.73. The molecular weight excluding hydrogens is 276 g/mol. The standard InChI is InChI=1S/C14H15ClN4O/c1-2-20-14-18-12(15)17-13(19-14)16-11-7-9-5-3-4-6-10(9)8-11/h3-6,11H,2,7-8H2,1H3,(H,16,17,18,19). The van der Waals surface area contributed by atoms with Crippen LogP contribution in [0.25, 0.3) is 0 Å². The van der Waals surface area contributed by atoms with E-state index in [9.17, 15) is 0 Å². The van der Waals surface area contributed by atoms with Crippen molar-refractivity contribution < 1.29 is 4.74 Å². The second kappa shape index (κ2) is 5.63. The Labute approximate surface area is 122 Å². The van der Waals surface area contributed by atoms with Gasteiger partial charge in [0.05, 0.1) is 6.61 Å². The third kappa shape index (κ3) is 2.82. The summed E-state index contributed by atoms with van der Waals surface area (Å²) in [4.78, 5) is 12.2. The minimum Gasteiger partial charge on any atom is -0.464 e. The maximum Gasteiger partial charge on any atom is 0.322 e. The molecule has 2 aromatic rings. The number of aromatic nitrogens is 3. The highest BCUT2D eigenvalue weighted by Gasteiger charge is 2.21. The summed E-state index contributed by atoms with van der Waals surface area (Å²) < 4.78 is 5.27. The molecule has 0 fully saturated rings. The zero-order valence-corrected chi connectivity index (χ0v) is 11.9. The molecule has 5 nitrogen and oxygen atoms in total. The van der Waals surface area contributed by atoms with Crippen molar-refractivity contribution in [3.8, 4) is 6.01 Å². The Morgan fingerprint density at radius 1 is 1.20 bits per heavy atom. The van der Waals surface area contributed by atoms with Crippen molar-refractivity contribution in [2.24, 2.45) is 0 Å². The molecule has 1 aliphatic rings. The van der Waals surface area contributed by atoms with E-state index in [1.807, 2.05) is 6.92 Å². The molecule has 1 N–H and O–H groups in total. The molecule has 0 saturated heterocycles. The van der Waals surface area contributed by atoms with Crippen LogP contribution in [0.3, 0.4) is 0 Å². The Kier molecular flexibility index (Phi) is 3.69. The van der Waals surface area contributed by atoms with Crippen LogP contribution in [0.2, 0.25) is 5.28 Å². The molecule has 0 amide bonds. The largest absolute Gasteiger partial charge is 0.464 e. The van der Waals surface area contributed by atoms with Gasteiger partial charge in [0.2, 0.25) is 11.2 Å². The number of ether oxygens (including phenoxy) is 1. The first kappa shape index (κ1) is 13.1. The van der Waals surface area contributed by atoms with Crippen molar-refractivity contribution in [1.82, 2.24) is 15.0 Å². The van der Waals surface area contributed by atoms with Crippen LogP contribution in [0.4, 0.5) is 5.95 Å². The first-order chi connectivity index (χ1) is 9.74. The van der Waals surface area contributed by atoms with E-state index < -0.39 is 0 Å². The summed E-state index contributed by atoms with van der Waals surface area (Å²) in [5.74, 6) is 0.464. The van der Waals surface area contributed by atoms with E-state index in [1.165, 1.54) is 11.1 Å². The lowest BCUT2D eigenvalue weighted by molar-refractivity contribution is 0.312. The summed E-state index contributed by atoms with van der Waals surface area (Å²) in [5.41, 5.74) is 2.74. The summed E-state index contributed by atoms with van der Waals surface area (Å²) in [5, 5.41) is 3.44. The maximum atomic E-state index is 5.88. The van der Waals surface area contributed by atoms with Gasteiger partial charge < -0.3 is 10.1 Å². The molecule has 0 atom stereocenters. The lowest BCUT2D eigenvalue weighted by Gasteiger charge is -2.12. The number of hydrogen-bond donors (Lipinski definition) is 1. The zero-order chi connectivity index (χ0) is 13.9. The molecule has 3 rings (SSSR count). The van der Waals surface area contributed by atoms with Gasteiger partial charge in [-0.3, -0.25) is 0 Å².